The van der Waals surface area contributed by atoms with E-state index in [9.17, 15) is 9.59 Å². The SMILES string of the molecule is CCCCc1ccc(NC(=O)C2CCN(CC(=O)Nc3ccc(C)cc3C)CC2)cc1. The number of carbonyl (C=O) groups excluding carboxylic acids is 2. The second kappa shape index (κ2) is 11.1. The fraction of sp³-hybridized carbons (Fsp3) is 0.462. The van der Waals surface area contributed by atoms with Gasteiger partial charge in [0.25, 0.3) is 0 Å². The van der Waals surface area contributed by atoms with Crippen LogP contribution in [0.4, 0.5) is 11.4 Å². The predicted molar refractivity (Wildman–Crippen MR) is 127 cm³/mol. The van der Waals surface area contributed by atoms with Crippen LogP contribution in [0.5, 0.6) is 0 Å². The maximum absolute atomic E-state index is 12.7. The van der Waals surface area contributed by atoms with Crippen LogP contribution >= 0.6 is 0 Å². The van der Waals surface area contributed by atoms with Gasteiger partial charge < -0.3 is 10.6 Å². The number of rotatable bonds is 8. The molecule has 2 N–H and O–H groups in total. The van der Waals surface area contributed by atoms with Gasteiger partial charge in [-0.15, -0.1) is 0 Å². The van der Waals surface area contributed by atoms with E-state index in [2.05, 4.69) is 40.7 Å². The zero-order chi connectivity index (χ0) is 22.2. The first-order valence-corrected chi connectivity index (χ1v) is 11.4. The molecule has 1 aliphatic rings. The summed E-state index contributed by atoms with van der Waals surface area (Å²) in [4.78, 5) is 27.2. The Labute approximate surface area is 186 Å². The van der Waals surface area contributed by atoms with E-state index < -0.39 is 0 Å². The molecule has 0 bridgehead atoms. The summed E-state index contributed by atoms with van der Waals surface area (Å²) >= 11 is 0. The third-order valence-electron chi connectivity index (χ3n) is 6.02. The summed E-state index contributed by atoms with van der Waals surface area (Å²) < 4.78 is 0. The van der Waals surface area contributed by atoms with E-state index in [4.69, 9.17) is 0 Å². The summed E-state index contributed by atoms with van der Waals surface area (Å²) in [6.07, 6.45) is 5.01. The van der Waals surface area contributed by atoms with E-state index in [0.717, 1.165) is 49.3 Å². The van der Waals surface area contributed by atoms with E-state index >= 15 is 0 Å². The summed E-state index contributed by atoms with van der Waals surface area (Å²) in [6, 6.07) is 14.2. The number of aryl methyl sites for hydroxylation is 3. The molecular formula is C26H35N3O2. The van der Waals surface area contributed by atoms with E-state index in [0.29, 0.717) is 6.54 Å². The quantitative estimate of drug-likeness (QED) is 0.635. The zero-order valence-electron chi connectivity index (χ0n) is 19.0. The Bertz CT molecular complexity index is 884. The Morgan fingerprint density at radius 3 is 2.35 bits per heavy atom. The molecule has 0 unspecified atom stereocenters. The fourth-order valence-electron chi connectivity index (χ4n) is 4.08. The van der Waals surface area contributed by atoms with Crippen molar-refractivity contribution in [2.24, 2.45) is 5.92 Å². The summed E-state index contributed by atoms with van der Waals surface area (Å²) in [5.41, 5.74) is 5.30. The van der Waals surface area contributed by atoms with Crippen molar-refractivity contribution < 1.29 is 9.59 Å². The van der Waals surface area contributed by atoms with Gasteiger partial charge in [-0.3, -0.25) is 14.5 Å². The number of hydrogen-bond acceptors (Lipinski definition) is 3. The lowest BCUT2D eigenvalue weighted by atomic mass is 9.95. The highest BCUT2D eigenvalue weighted by Crippen LogP contribution is 2.21. The van der Waals surface area contributed by atoms with Crippen LogP contribution in [-0.2, 0) is 16.0 Å². The molecule has 1 saturated heterocycles. The number of nitrogens with one attached hydrogen (secondary N) is 2. The number of hydrogen-bond donors (Lipinski definition) is 2. The Morgan fingerprint density at radius 2 is 1.71 bits per heavy atom. The van der Waals surface area contributed by atoms with Crippen LogP contribution in [0.2, 0.25) is 0 Å². The highest BCUT2D eigenvalue weighted by atomic mass is 16.2. The second-order valence-corrected chi connectivity index (χ2v) is 8.71. The van der Waals surface area contributed by atoms with Gasteiger partial charge in [-0.1, -0.05) is 43.2 Å². The normalized spacial score (nSPS) is 14.9. The highest BCUT2D eigenvalue weighted by molar-refractivity contribution is 5.93. The minimum Gasteiger partial charge on any atom is -0.326 e. The monoisotopic (exact) mass is 421 g/mol. The van der Waals surface area contributed by atoms with Crippen molar-refractivity contribution in [3.8, 4) is 0 Å². The van der Waals surface area contributed by atoms with Gasteiger partial charge in [0.15, 0.2) is 0 Å². The van der Waals surface area contributed by atoms with Gasteiger partial charge in [0.05, 0.1) is 6.54 Å². The van der Waals surface area contributed by atoms with Crippen LogP contribution in [0.1, 0.15) is 49.3 Å². The Hall–Kier alpha value is -2.66. The summed E-state index contributed by atoms with van der Waals surface area (Å²) in [5, 5.41) is 6.07. The third kappa shape index (κ3) is 6.93. The average Bonchev–Trinajstić information content (AvgIpc) is 2.75. The summed E-state index contributed by atoms with van der Waals surface area (Å²) in [5.74, 6) is 0.0807. The topological polar surface area (TPSA) is 61.4 Å². The number of carbonyl (C=O) groups is 2. The van der Waals surface area contributed by atoms with Crippen LogP contribution < -0.4 is 10.6 Å². The molecule has 0 saturated carbocycles. The van der Waals surface area contributed by atoms with Gasteiger partial charge in [-0.2, -0.15) is 0 Å². The molecular weight excluding hydrogens is 386 g/mol. The van der Waals surface area contributed by atoms with E-state index in [1.54, 1.807) is 0 Å². The molecule has 31 heavy (non-hydrogen) atoms. The van der Waals surface area contributed by atoms with Crippen LogP contribution in [0, 0.1) is 19.8 Å². The number of piperidine rings is 1. The number of anilines is 2. The molecule has 2 aromatic carbocycles. The molecule has 0 spiro atoms. The molecule has 0 aromatic heterocycles. The highest BCUT2D eigenvalue weighted by Gasteiger charge is 2.26. The fourth-order valence-corrected chi connectivity index (χ4v) is 4.08. The molecule has 0 radical (unpaired) electrons. The molecule has 0 atom stereocenters. The number of benzene rings is 2. The maximum Gasteiger partial charge on any atom is 0.238 e. The molecule has 5 nitrogen and oxygen atoms in total. The van der Waals surface area contributed by atoms with Crippen molar-refractivity contribution in [2.45, 2.75) is 52.9 Å². The van der Waals surface area contributed by atoms with Gasteiger partial charge in [0.2, 0.25) is 11.8 Å². The average molecular weight is 422 g/mol. The van der Waals surface area contributed by atoms with Gasteiger partial charge in [0.1, 0.15) is 0 Å². The van der Waals surface area contributed by atoms with Crippen molar-refractivity contribution in [3.05, 3.63) is 59.2 Å². The van der Waals surface area contributed by atoms with Gasteiger partial charge in [-0.05, 0) is 81.9 Å². The number of unbranched alkanes of at least 4 members (excludes halogenated alkanes) is 1. The lowest BCUT2D eigenvalue weighted by Crippen LogP contribution is -2.41. The zero-order valence-corrected chi connectivity index (χ0v) is 19.0. The minimum absolute atomic E-state index is 0.00146. The van der Waals surface area contributed by atoms with E-state index in [1.807, 2.05) is 38.1 Å². The Morgan fingerprint density at radius 1 is 1.00 bits per heavy atom. The molecule has 2 amide bonds. The standard InChI is InChI=1S/C26H35N3O2/c1-4-5-6-21-8-10-23(11-9-21)27-26(31)22-13-15-29(16-14-22)18-25(30)28-24-12-7-19(2)17-20(24)3/h7-12,17,22H,4-6,13-16,18H2,1-3H3,(H,27,31)(H,28,30). The summed E-state index contributed by atoms with van der Waals surface area (Å²) in [7, 11) is 0. The van der Waals surface area contributed by atoms with Crippen molar-refractivity contribution in [3.63, 3.8) is 0 Å². The lowest BCUT2D eigenvalue weighted by molar-refractivity contribution is -0.121. The van der Waals surface area contributed by atoms with E-state index in [-0.39, 0.29) is 17.7 Å². The van der Waals surface area contributed by atoms with Crippen LogP contribution in [0.3, 0.4) is 0 Å². The molecule has 1 fully saturated rings. The number of nitrogens with zero attached hydrogens (tertiary/aromatic N) is 1. The van der Waals surface area contributed by atoms with Crippen molar-refractivity contribution in [1.82, 2.24) is 4.90 Å². The summed E-state index contributed by atoms with van der Waals surface area (Å²) in [6.45, 7) is 8.12. The first-order valence-electron chi connectivity index (χ1n) is 11.4. The maximum atomic E-state index is 12.7. The largest absolute Gasteiger partial charge is 0.326 e. The van der Waals surface area contributed by atoms with Crippen molar-refractivity contribution in [1.29, 1.82) is 0 Å². The van der Waals surface area contributed by atoms with Gasteiger partial charge >= 0.3 is 0 Å². The molecule has 1 heterocycles. The number of amides is 2. The first-order chi connectivity index (χ1) is 14.9. The number of likely N-dealkylation sites (tertiary alicyclic amines) is 1. The Kier molecular flexibility index (Phi) is 8.24. The first kappa shape index (κ1) is 23.0. The van der Waals surface area contributed by atoms with Gasteiger partial charge in [-0.25, -0.2) is 0 Å². The third-order valence-corrected chi connectivity index (χ3v) is 6.02. The van der Waals surface area contributed by atoms with E-state index in [1.165, 1.54) is 24.0 Å². The molecule has 166 valence electrons. The second-order valence-electron chi connectivity index (χ2n) is 8.71. The molecule has 0 aliphatic carbocycles. The molecule has 1 aliphatic heterocycles. The van der Waals surface area contributed by atoms with Gasteiger partial charge in [0, 0.05) is 17.3 Å². The smallest absolute Gasteiger partial charge is 0.238 e. The van der Waals surface area contributed by atoms with Crippen molar-refractivity contribution >= 4 is 23.2 Å². The van der Waals surface area contributed by atoms with Crippen LogP contribution in [0.15, 0.2) is 42.5 Å². The molecule has 2 aromatic rings. The molecule has 5 heteroatoms. The lowest BCUT2D eigenvalue weighted by Gasteiger charge is -2.30. The Balaban J connectivity index is 1.42. The van der Waals surface area contributed by atoms with Crippen LogP contribution in [0.25, 0.3) is 0 Å². The molecule has 3 rings (SSSR count). The van der Waals surface area contributed by atoms with Crippen LogP contribution in [-0.4, -0.2) is 36.3 Å². The van der Waals surface area contributed by atoms with Crippen molar-refractivity contribution in [2.75, 3.05) is 30.3 Å². The minimum atomic E-state index is -0.00184. The predicted octanol–water partition coefficient (Wildman–Crippen LogP) is 4.94.